The minimum Gasteiger partial charge on any atom is -0.503 e. The summed E-state index contributed by atoms with van der Waals surface area (Å²) in [4.78, 5) is 27.7. The number of hydrogen-bond acceptors (Lipinski definition) is 6. The maximum atomic E-state index is 13.2. The van der Waals surface area contributed by atoms with Crippen molar-refractivity contribution in [2.45, 2.75) is 12.5 Å². The Bertz CT molecular complexity index is 1200. The average molecular weight is 512 g/mol. The van der Waals surface area contributed by atoms with Crippen molar-refractivity contribution < 1.29 is 28.6 Å². The Hall–Kier alpha value is -3.52. The fourth-order valence-corrected chi connectivity index (χ4v) is 4.20. The highest BCUT2D eigenvalue weighted by molar-refractivity contribution is 9.10. The molecule has 2 aromatic carbocycles. The van der Waals surface area contributed by atoms with E-state index in [1.807, 2.05) is 36.4 Å². The molecule has 7 nitrogen and oxygen atoms in total. The molecule has 1 amide bonds. The van der Waals surface area contributed by atoms with Crippen molar-refractivity contribution in [3.05, 3.63) is 93.6 Å². The summed E-state index contributed by atoms with van der Waals surface area (Å²) in [7, 11) is 3.12. The standard InChI is InChI=1S/C25H22BrNO6/c1-31-18-10-5-15(14-20(18)32-2)11-12-27-22(16-6-8-17(26)9-7-16)21(24(29)25(27)30)23(28)19-4-3-13-33-19/h3-10,13-14,22,29H,11-12H2,1-2H3/t22-/m0/s1. The fourth-order valence-electron chi connectivity index (χ4n) is 3.93. The van der Waals surface area contributed by atoms with E-state index in [9.17, 15) is 14.7 Å². The summed E-state index contributed by atoms with van der Waals surface area (Å²) in [6, 6.07) is 15.2. The number of amides is 1. The lowest BCUT2D eigenvalue weighted by molar-refractivity contribution is -0.129. The van der Waals surface area contributed by atoms with Gasteiger partial charge in [-0.1, -0.05) is 34.1 Å². The molecule has 2 heterocycles. The van der Waals surface area contributed by atoms with Crippen LogP contribution in [0.5, 0.6) is 11.5 Å². The molecule has 0 saturated carbocycles. The summed E-state index contributed by atoms with van der Waals surface area (Å²) < 4.78 is 16.8. The predicted octanol–water partition coefficient (Wildman–Crippen LogP) is 4.88. The van der Waals surface area contributed by atoms with E-state index in [0.717, 1.165) is 10.0 Å². The number of carbonyl (C=O) groups is 2. The number of furan rings is 1. The minimum absolute atomic E-state index is 0.00424. The second-order valence-electron chi connectivity index (χ2n) is 7.46. The molecule has 4 rings (SSSR count). The lowest BCUT2D eigenvalue weighted by Crippen LogP contribution is -2.33. The first kappa shape index (κ1) is 22.7. The summed E-state index contributed by atoms with van der Waals surface area (Å²) in [6.07, 6.45) is 1.86. The van der Waals surface area contributed by atoms with Gasteiger partial charge in [0.05, 0.1) is 32.1 Å². The smallest absolute Gasteiger partial charge is 0.290 e. The van der Waals surface area contributed by atoms with E-state index in [2.05, 4.69) is 15.9 Å². The van der Waals surface area contributed by atoms with Gasteiger partial charge in [-0.2, -0.15) is 0 Å². The van der Waals surface area contributed by atoms with E-state index < -0.39 is 23.5 Å². The van der Waals surface area contributed by atoms with Crippen molar-refractivity contribution >= 4 is 27.6 Å². The van der Waals surface area contributed by atoms with Gasteiger partial charge in [0.2, 0.25) is 5.78 Å². The first-order valence-electron chi connectivity index (χ1n) is 10.2. The number of aliphatic hydroxyl groups excluding tert-OH is 1. The van der Waals surface area contributed by atoms with Crippen LogP contribution in [0.2, 0.25) is 0 Å². The SMILES string of the molecule is COc1ccc(CCN2C(=O)C(O)=C(C(=O)c3ccco3)[C@@H]2c2ccc(Br)cc2)cc1OC. The molecule has 0 saturated heterocycles. The number of halogens is 1. The lowest BCUT2D eigenvalue weighted by Gasteiger charge is -2.27. The Morgan fingerprint density at radius 3 is 2.45 bits per heavy atom. The van der Waals surface area contributed by atoms with Crippen LogP contribution in [0.1, 0.15) is 27.7 Å². The van der Waals surface area contributed by atoms with Crippen molar-refractivity contribution in [2.24, 2.45) is 0 Å². The molecule has 0 bridgehead atoms. The van der Waals surface area contributed by atoms with Crippen LogP contribution in [0.3, 0.4) is 0 Å². The van der Waals surface area contributed by atoms with Crippen LogP contribution in [0.4, 0.5) is 0 Å². The summed E-state index contributed by atoms with van der Waals surface area (Å²) in [5, 5.41) is 10.7. The van der Waals surface area contributed by atoms with Gasteiger partial charge in [-0.15, -0.1) is 0 Å². The monoisotopic (exact) mass is 511 g/mol. The molecule has 0 fully saturated rings. The first-order chi connectivity index (χ1) is 15.9. The molecule has 0 spiro atoms. The second kappa shape index (κ2) is 9.54. The summed E-state index contributed by atoms with van der Waals surface area (Å²) in [5.41, 5.74) is 1.63. The van der Waals surface area contributed by atoms with Crippen molar-refractivity contribution in [1.29, 1.82) is 0 Å². The molecule has 0 aliphatic carbocycles. The van der Waals surface area contributed by atoms with Gasteiger partial charge < -0.3 is 23.9 Å². The van der Waals surface area contributed by atoms with E-state index in [4.69, 9.17) is 13.9 Å². The molecular weight excluding hydrogens is 490 g/mol. The minimum atomic E-state index is -0.747. The van der Waals surface area contributed by atoms with E-state index in [-0.39, 0.29) is 17.9 Å². The van der Waals surface area contributed by atoms with Crippen LogP contribution in [0.25, 0.3) is 0 Å². The number of ketones is 1. The van der Waals surface area contributed by atoms with Crippen molar-refractivity contribution in [3.63, 3.8) is 0 Å². The van der Waals surface area contributed by atoms with Crippen molar-refractivity contribution in [1.82, 2.24) is 4.90 Å². The van der Waals surface area contributed by atoms with Crippen molar-refractivity contribution in [2.75, 3.05) is 20.8 Å². The third-order valence-electron chi connectivity index (χ3n) is 5.57. The second-order valence-corrected chi connectivity index (χ2v) is 8.38. The highest BCUT2D eigenvalue weighted by Gasteiger charge is 2.44. The van der Waals surface area contributed by atoms with Gasteiger partial charge in [-0.3, -0.25) is 9.59 Å². The molecule has 1 atom stereocenters. The lowest BCUT2D eigenvalue weighted by atomic mass is 9.95. The normalized spacial score (nSPS) is 15.8. The van der Waals surface area contributed by atoms with Gasteiger partial charge in [0.15, 0.2) is 23.0 Å². The summed E-state index contributed by atoms with van der Waals surface area (Å²) >= 11 is 3.41. The zero-order chi connectivity index (χ0) is 23.5. The fraction of sp³-hybridized carbons (Fsp3) is 0.200. The molecular formula is C25H22BrNO6. The van der Waals surface area contributed by atoms with E-state index in [0.29, 0.717) is 23.5 Å². The van der Waals surface area contributed by atoms with Gasteiger partial charge >= 0.3 is 0 Å². The molecule has 1 aromatic heterocycles. The average Bonchev–Trinajstić information content (AvgIpc) is 3.45. The number of aliphatic hydroxyl groups is 1. The topological polar surface area (TPSA) is 89.2 Å². The van der Waals surface area contributed by atoms with Crippen LogP contribution >= 0.6 is 15.9 Å². The van der Waals surface area contributed by atoms with Crippen LogP contribution in [-0.2, 0) is 11.2 Å². The predicted molar refractivity (Wildman–Crippen MR) is 125 cm³/mol. The number of Topliss-reactive ketones (excluding diaryl/α,β-unsaturated/α-hetero) is 1. The Labute approximate surface area is 199 Å². The quantitative estimate of drug-likeness (QED) is 0.433. The molecule has 1 N–H and O–H groups in total. The molecule has 33 heavy (non-hydrogen) atoms. The Balaban J connectivity index is 1.67. The number of ether oxygens (including phenoxy) is 2. The molecule has 8 heteroatoms. The summed E-state index contributed by atoms with van der Waals surface area (Å²) in [5.74, 6) is -0.422. The highest BCUT2D eigenvalue weighted by atomic mass is 79.9. The van der Waals surface area contributed by atoms with Crippen LogP contribution in [0, 0.1) is 0 Å². The third kappa shape index (κ3) is 4.39. The number of nitrogens with zero attached hydrogens (tertiary/aromatic N) is 1. The zero-order valence-electron chi connectivity index (χ0n) is 18.1. The summed E-state index contributed by atoms with van der Waals surface area (Å²) in [6.45, 7) is 0.272. The Morgan fingerprint density at radius 1 is 1.09 bits per heavy atom. The Morgan fingerprint density at radius 2 is 1.82 bits per heavy atom. The van der Waals surface area contributed by atoms with Gasteiger partial charge in [0, 0.05) is 11.0 Å². The van der Waals surface area contributed by atoms with Crippen molar-refractivity contribution in [3.8, 4) is 11.5 Å². The van der Waals surface area contributed by atoms with Gasteiger partial charge in [0.1, 0.15) is 0 Å². The van der Waals surface area contributed by atoms with Crippen LogP contribution in [-0.4, -0.2) is 42.5 Å². The third-order valence-corrected chi connectivity index (χ3v) is 6.10. The van der Waals surface area contributed by atoms with Gasteiger partial charge in [-0.05, 0) is 53.9 Å². The molecule has 0 unspecified atom stereocenters. The molecule has 1 aliphatic rings. The number of hydrogen-bond donors (Lipinski definition) is 1. The highest BCUT2D eigenvalue weighted by Crippen LogP contribution is 2.39. The van der Waals surface area contributed by atoms with Crippen LogP contribution < -0.4 is 9.47 Å². The van der Waals surface area contributed by atoms with E-state index in [1.165, 1.54) is 17.2 Å². The molecule has 1 aliphatic heterocycles. The number of rotatable bonds is 8. The Kier molecular flexibility index (Phi) is 6.55. The number of carbonyl (C=O) groups excluding carboxylic acids is 2. The van der Waals surface area contributed by atoms with E-state index >= 15 is 0 Å². The van der Waals surface area contributed by atoms with E-state index in [1.54, 1.807) is 26.4 Å². The zero-order valence-corrected chi connectivity index (χ0v) is 19.7. The van der Waals surface area contributed by atoms with Gasteiger partial charge in [0.25, 0.3) is 5.91 Å². The number of benzene rings is 2. The number of methoxy groups -OCH3 is 2. The van der Waals surface area contributed by atoms with Gasteiger partial charge in [-0.25, -0.2) is 0 Å². The maximum Gasteiger partial charge on any atom is 0.290 e. The molecule has 0 radical (unpaired) electrons. The van der Waals surface area contributed by atoms with Crippen LogP contribution in [0.15, 0.2) is 81.1 Å². The molecule has 3 aromatic rings. The molecule has 170 valence electrons. The largest absolute Gasteiger partial charge is 0.503 e. The maximum absolute atomic E-state index is 13.2. The first-order valence-corrected chi connectivity index (χ1v) is 11.0.